The van der Waals surface area contributed by atoms with Gasteiger partial charge in [0.1, 0.15) is 19.0 Å². The SMILES string of the molecule is CCOc1cc(/C=C2/C(=O)Nc3cc(C(F)(F)F)ccc32)ccc1OCCOc1ccccc1. The van der Waals surface area contributed by atoms with Crippen LogP contribution in [0.3, 0.4) is 0 Å². The molecule has 0 aliphatic carbocycles. The van der Waals surface area contributed by atoms with Crippen molar-refractivity contribution in [2.45, 2.75) is 13.1 Å². The molecule has 0 unspecified atom stereocenters. The number of alkyl halides is 3. The van der Waals surface area contributed by atoms with Crippen LogP contribution < -0.4 is 19.5 Å². The van der Waals surface area contributed by atoms with Gasteiger partial charge in [-0.15, -0.1) is 0 Å². The summed E-state index contributed by atoms with van der Waals surface area (Å²) in [6, 6.07) is 17.8. The molecule has 0 aromatic heterocycles. The Labute approximate surface area is 194 Å². The van der Waals surface area contributed by atoms with Gasteiger partial charge in [-0.1, -0.05) is 30.3 Å². The van der Waals surface area contributed by atoms with Crippen LogP contribution in [0.4, 0.5) is 18.9 Å². The molecule has 0 saturated heterocycles. The number of rotatable bonds is 8. The van der Waals surface area contributed by atoms with E-state index in [-0.39, 0.29) is 11.3 Å². The molecule has 0 atom stereocenters. The van der Waals surface area contributed by atoms with Gasteiger partial charge in [-0.3, -0.25) is 4.79 Å². The third-order valence-electron chi connectivity index (χ3n) is 5.06. The van der Waals surface area contributed by atoms with Gasteiger partial charge in [0, 0.05) is 16.8 Å². The monoisotopic (exact) mass is 469 g/mol. The number of amides is 1. The minimum absolute atomic E-state index is 0.134. The quantitative estimate of drug-likeness (QED) is 0.322. The Morgan fingerprint density at radius 1 is 0.882 bits per heavy atom. The molecule has 0 spiro atoms. The number of halogens is 3. The summed E-state index contributed by atoms with van der Waals surface area (Å²) in [7, 11) is 0. The molecule has 34 heavy (non-hydrogen) atoms. The number of carbonyl (C=O) groups is 1. The molecule has 3 aromatic carbocycles. The minimum Gasteiger partial charge on any atom is -0.490 e. The van der Waals surface area contributed by atoms with Crippen LogP contribution in [0.1, 0.15) is 23.6 Å². The van der Waals surface area contributed by atoms with Crippen molar-refractivity contribution in [3.63, 3.8) is 0 Å². The molecule has 1 heterocycles. The Bertz CT molecular complexity index is 1210. The third kappa shape index (κ3) is 5.33. The number of hydrogen-bond acceptors (Lipinski definition) is 4. The molecule has 3 aromatic rings. The molecule has 1 aliphatic rings. The molecule has 0 saturated carbocycles. The summed E-state index contributed by atoms with van der Waals surface area (Å²) < 4.78 is 56.1. The van der Waals surface area contributed by atoms with Crippen LogP contribution >= 0.6 is 0 Å². The van der Waals surface area contributed by atoms with Gasteiger partial charge in [-0.2, -0.15) is 13.2 Å². The second kappa shape index (κ2) is 9.91. The molecule has 0 radical (unpaired) electrons. The van der Waals surface area contributed by atoms with Crippen molar-refractivity contribution in [3.05, 3.63) is 83.4 Å². The first-order valence-corrected chi connectivity index (χ1v) is 10.7. The lowest BCUT2D eigenvalue weighted by Crippen LogP contribution is -2.10. The van der Waals surface area contributed by atoms with E-state index in [4.69, 9.17) is 14.2 Å². The Balaban J connectivity index is 1.50. The van der Waals surface area contributed by atoms with E-state index in [1.165, 1.54) is 6.07 Å². The molecule has 1 aliphatic heterocycles. The summed E-state index contributed by atoms with van der Waals surface area (Å²) >= 11 is 0. The van der Waals surface area contributed by atoms with Crippen molar-refractivity contribution in [3.8, 4) is 17.2 Å². The second-order valence-corrected chi connectivity index (χ2v) is 7.42. The van der Waals surface area contributed by atoms with Crippen LogP contribution in [-0.4, -0.2) is 25.7 Å². The molecule has 0 bridgehead atoms. The lowest BCUT2D eigenvalue weighted by molar-refractivity contribution is -0.137. The number of ether oxygens (including phenoxy) is 3. The number of carbonyl (C=O) groups excluding carboxylic acids is 1. The van der Waals surface area contributed by atoms with Gasteiger partial charge >= 0.3 is 6.18 Å². The summed E-state index contributed by atoms with van der Waals surface area (Å²) in [4.78, 5) is 12.4. The summed E-state index contributed by atoms with van der Waals surface area (Å²) in [5.74, 6) is 1.29. The van der Waals surface area contributed by atoms with E-state index in [1.54, 1.807) is 24.3 Å². The Morgan fingerprint density at radius 2 is 1.65 bits per heavy atom. The van der Waals surface area contributed by atoms with E-state index in [0.717, 1.165) is 17.9 Å². The van der Waals surface area contributed by atoms with Crippen LogP contribution in [0, 0.1) is 0 Å². The molecular weight excluding hydrogens is 447 g/mol. The van der Waals surface area contributed by atoms with E-state index >= 15 is 0 Å². The molecule has 8 heteroatoms. The fraction of sp³-hybridized carbons (Fsp3) is 0.192. The molecular formula is C26H22F3NO4. The zero-order valence-electron chi connectivity index (χ0n) is 18.3. The number of hydrogen-bond donors (Lipinski definition) is 1. The van der Waals surface area contributed by atoms with Crippen molar-refractivity contribution in [1.29, 1.82) is 0 Å². The minimum atomic E-state index is -4.49. The summed E-state index contributed by atoms with van der Waals surface area (Å²) in [5, 5.41) is 2.50. The predicted octanol–water partition coefficient (Wildman–Crippen LogP) is 6.05. The second-order valence-electron chi connectivity index (χ2n) is 7.42. The summed E-state index contributed by atoms with van der Waals surface area (Å²) in [6.45, 7) is 2.89. The zero-order valence-corrected chi connectivity index (χ0v) is 18.3. The van der Waals surface area contributed by atoms with E-state index in [9.17, 15) is 18.0 Å². The average molecular weight is 469 g/mol. The first kappa shape index (κ1) is 23.2. The van der Waals surface area contributed by atoms with Crippen LogP contribution in [0.5, 0.6) is 17.2 Å². The van der Waals surface area contributed by atoms with Crippen LogP contribution in [-0.2, 0) is 11.0 Å². The fourth-order valence-electron chi connectivity index (χ4n) is 3.51. The average Bonchev–Trinajstić information content (AvgIpc) is 3.12. The molecule has 1 amide bonds. The van der Waals surface area contributed by atoms with E-state index in [1.807, 2.05) is 37.3 Å². The molecule has 5 nitrogen and oxygen atoms in total. The largest absolute Gasteiger partial charge is 0.490 e. The number of para-hydroxylation sites is 1. The Kier molecular flexibility index (Phi) is 6.77. The van der Waals surface area contributed by atoms with Crippen molar-refractivity contribution in [2.75, 3.05) is 25.1 Å². The molecule has 4 rings (SSSR count). The number of nitrogens with one attached hydrogen (secondary N) is 1. The first-order valence-electron chi connectivity index (χ1n) is 10.7. The van der Waals surface area contributed by atoms with E-state index < -0.39 is 17.6 Å². The van der Waals surface area contributed by atoms with Gasteiger partial charge in [-0.25, -0.2) is 0 Å². The van der Waals surface area contributed by atoms with Gasteiger partial charge in [0.15, 0.2) is 11.5 Å². The highest BCUT2D eigenvalue weighted by atomic mass is 19.4. The van der Waals surface area contributed by atoms with Crippen LogP contribution in [0.15, 0.2) is 66.7 Å². The van der Waals surface area contributed by atoms with Crippen molar-refractivity contribution in [1.82, 2.24) is 0 Å². The topological polar surface area (TPSA) is 56.8 Å². The number of benzene rings is 3. The standard InChI is InChI=1S/C26H22F3NO4/c1-2-32-24-15-17(8-11-23(24)34-13-12-33-19-6-4-3-5-7-19)14-21-20-10-9-18(26(27,28)29)16-22(20)30-25(21)31/h3-11,14-16H,2,12-13H2,1H3,(H,30,31)/b21-14+. The molecule has 176 valence electrons. The van der Waals surface area contributed by atoms with Gasteiger partial charge in [0.05, 0.1) is 12.2 Å². The highest BCUT2D eigenvalue weighted by Crippen LogP contribution is 2.39. The smallest absolute Gasteiger partial charge is 0.416 e. The lowest BCUT2D eigenvalue weighted by Gasteiger charge is -2.13. The number of fused-ring (bicyclic) bond motifs is 1. The predicted molar refractivity (Wildman–Crippen MR) is 123 cm³/mol. The highest BCUT2D eigenvalue weighted by Gasteiger charge is 2.33. The Morgan fingerprint density at radius 3 is 2.38 bits per heavy atom. The third-order valence-corrected chi connectivity index (χ3v) is 5.06. The maximum atomic E-state index is 13.0. The molecule has 1 N–H and O–H groups in total. The van der Waals surface area contributed by atoms with Gasteiger partial charge in [-0.05, 0) is 55.0 Å². The van der Waals surface area contributed by atoms with E-state index in [0.29, 0.717) is 42.4 Å². The van der Waals surface area contributed by atoms with Gasteiger partial charge in [0.2, 0.25) is 0 Å². The number of anilines is 1. The van der Waals surface area contributed by atoms with Gasteiger partial charge < -0.3 is 19.5 Å². The zero-order chi connectivity index (χ0) is 24.1. The normalized spacial score (nSPS) is 14.0. The van der Waals surface area contributed by atoms with Crippen molar-refractivity contribution >= 4 is 23.2 Å². The fourth-order valence-corrected chi connectivity index (χ4v) is 3.51. The van der Waals surface area contributed by atoms with Crippen LogP contribution in [0.25, 0.3) is 11.6 Å². The summed E-state index contributed by atoms with van der Waals surface area (Å²) in [6.07, 6.45) is -2.88. The summed E-state index contributed by atoms with van der Waals surface area (Å²) in [5.41, 5.74) is 0.651. The Hall–Kier alpha value is -3.94. The van der Waals surface area contributed by atoms with Crippen LogP contribution in [0.2, 0.25) is 0 Å². The highest BCUT2D eigenvalue weighted by molar-refractivity contribution is 6.34. The van der Waals surface area contributed by atoms with E-state index in [2.05, 4.69) is 5.32 Å². The van der Waals surface area contributed by atoms with Crippen molar-refractivity contribution < 1.29 is 32.2 Å². The van der Waals surface area contributed by atoms with Gasteiger partial charge in [0.25, 0.3) is 5.91 Å². The molecule has 0 fully saturated rings. The lowest BCUT2D eigenvalue weighted by atomic mass is 10.0. The maximum Gasteiger partial charge on any atom is 0.416 e. The first-order chi connectivity index (χ1) is 16.3. The van der Waals surface area contributed by atoms with Crippen molar-refractivity contribution in [2.24, 2.45) is 0 Å². The maximum absolute atomic E-state index is 13.0.